The molecule has 6 nitrogen and oxygen atoms in total. The van der Waals surface area contributed by atoms with Crippen molar-refractivity contribution in [2.24, 2.45) is 0 Å². The van der Waals surface area contributed by atoms with Crippen molar-refractivity contribution >= 4 is 15.9 Å². The average Bonchev–Trinajstić information content (AvgIpc) is 3.17. The van der Waals surface area contributed by atoms with Crippen LogP contribution in [0, 0.1) is 5.82 Å². The molecule has 0 spiro atoms. The Morgan fingerprint density at radius 2 is 1.74 bits per heavy atom. The Balaban J connectivity index is 1.66. The van der Waals surface area contributed by atoms with Crippen molar-refractivity contribution in [3.63, 3.8) is 0 Å². The molecule has 0 radical (unpaired) electrons. The third-order valence-corrected chi connectivity index (χ3v) is 5.35. The van der Waals surface area contributed by atoms with Gasteiger partial charge in [-0.3, -0.25) is 4.79 Å². The lowest BCUT2D eigenvalue weighted by molar-refractivity contribution is 0.0924. The minimum atomic E-state index is -3.50. The Hall–Kier alpha value is -2.97. The molecule has 0 atom stereocenters. The van der Waals surface area contributed by atoms with Gasteiger partial charge in [0.1, 0.15) is 11.6 Å². The molecule has 0 fully saturated rings. The van der Waals surface area contributed by atoms with Gasteiger partial charge < -0.3 is 9.73 Å². The Kier molecular flexibility index (Phi) is 5.38. The highest BCUT2D eigenvalue weighted by Crippen LogP contribution is 2.24. The molecule has 0 saturated heterocycles. The van der Waals surface area contributed by atoms with Gasteiger partial charge >= 0.3 is 0 Å². The van der Waals surface area contributed by atoms with E-state index in [4.69, 9.17) is 4.42 Å². The van der Waals surface area contributed by atoms with E-state index in [0.717, 1.165) is 5.56 Å². The predicted molar refractivity (Wildman–Crippen MR) is 98.0 cm³/mol. The van der Waals surface area contributed by atoms with Crippen LogP contribution in [-0.4, -0.2) is 21.4 Å². The van der Waals surface area contributed by atoms with Crippen LogP contribution in [0.3, 0.4) is 0 Å². The van der Waals surface area contributed by atoms with Crippen LogP contribution >= 0.6 is 0 Å². The molecule has 140 valence electrons. The first-order valence-electron chi connectivity index (χ1n) is 8.06. The highest BCUT2D eigenvalue weighted by molar-refractivity contribution is 7.89. The summed E-state index contributed by atoms with van der Waals surface area (Å²) >= 11 is 0. The van der Waals surface area contributed by atoms with Crippen LogP contribution in [0.1, 0.15) is 16.1 Å². The number of nitrogens with one attached hydrogen (secondary N) is 2. The monoisotopic (exact) mass is 388 g/mol. The fourth-order valence-electron chi connectivity index (χ4n) is 2.44. The SMILES string of the molecule is CNS(=O)(=O)c1ccc(CNC(=O)c2ccc(-c3ccccc3F)o2)cc1. The van der Waals surface area contributed by atoms with Crippen molar-refractivity contribution in [1.82, 2.24) is 10.0 Å². The molecule has 0 bridgehead atoms. The van der Waals surface area contributed by atoms with Crippen molar-refractivity contribution in [2.75, 3.05) is 7.05 Å². The lowest BCUT2D eigenvalue weighted by Gasteiger charge is -2.06. The lowest BCUT2D eigenvalue weighted by Crippen LogP contribution is -2.22. The molecule has 2 aromatic carbocycles. The Morgan fingerprint density at radius 3 is 2.41 bits per heavy atom. The summed E-state index contributed by atoms with van der Waals surface area (Å²) in [4.78, 5) is 12.4. The second kappa shape index (κ2) is 7.73. The van der Waals surface area contributed by atoms with Gasteiger partial charge in [0.15, 0.2) is 5.76 Å². The summed E-state index contributed by atoms with van der Waals surface area (Å²) in [6, 6.07) is 15.3. The van der Waals surface area contributed by atoms with E-state index in [2.05, 4.69) is 10.0 Å². The fraction of sp³-hybridized carbons (Fsp3) is 0.105. The second-order valence-electron chi connectivity index (χ2n) is 5.68. The molecule has 2 N–H and O–H groups in total. The number of sulfonamides is 1. The number of rotatable bonds is 6. The van der Waals surface area contributed by atoms with E-state index in [1.54, 1.807) is 30.3 Å². The quantitative estimate of drug-likeness (QED) is 0.680. The van der Waals surface area contributed by atoms with Gasteiger partial charge in [0.05, 0.1) is 10.5 Å². The summed E-state index contributed by atoms with van der Waals surface area (Å²) in [6.07, 6.45) is 0. The minimum absolute atomic E-state index is 0.0580. The van der Waals surface area contributed by atoms with E-state index in [1.807, 2.05) is 0 Å². The maximum atomic E-state index is 13.8. The molecule has 27 heavy (non-hydrogen) atoms. The third-order valence-electron chi connectivity index (χ3n) is 3.92. The average molecular weight is 388 g/mol. The van der Waals surface area contributed by atoms with Gasteiger partial charge in [-0.25, -0.2) is 17.5 Å². The Bertz CT molecular complexity index is 1060. The van der Waals surface area contributed by atoms with E-state index in [1.165, 1.54) is 37.4 Å². The first kappa shape index (κ1) is 18.8. The molecule has 3 aromatic rings. The number of hydrogen-bond acceptors (Lipinski definition) is 4. The van der Waals surface area contributed by atoms with Crippen LogP contribution in [0.2, 0.25) is 0 Å². The third kappa shape index (κ3) is 4.24. The number of carbonyl (C=O) groups is 1. The first-order valence-corrected chi connectivity index (χ1v) is 9.54. The number of furan rings is 1. The molecule has 0 unspecified atom stereocenters. The van der Waals surface area contributed by atoms with E-state index >= 15 is 0 Å². The summed E-state index contributed by atoms with van der Waals surface area (Å²) in [7, 11) is -2.16. The van der Waals surface area contributed by atoms with Crippen molar-refractivity contribution in [2.45, 2.75) is 11.4 Å². The van der Waals surface area contributed by atoms with Crippen molar-refractivity contribution in [3.05, 3.63) is 77.8 Å². The molecule has 3 rings (SSSR count). The van der Waals surface area contributed by atoms with Gasteiger partial charge in [0, 0.05) is 6.54 Å². The van der Waals surface area contributed by atoms with E-state index in [9.17, 15) is 17.6 Å². The predicted octanol–water partition coefficient (Wildman–Crippen LogP) is 2.92. The zero-order chi connectivity index (χ0) is 19.4. The summed E-state index contributed by atoms with van der Waals surface area (Å²) in [5, 5.41) is 2.68. The largest absolute Gasteiger partial charge is 0.451 e. The lowest BCUT2D eigenvalue weighted by atomic mass is 10.1. The van der Waals surface area contributed by atoms with E-state index in [0.29, 0.717) is 0 Å². The molecule has 0 aliphatic carbocycles. The second-order valence-corrected chi connectivity index (χ2v) is 7.56. The first-order chi connectivity index (χ1) is 12.9. The van der Waals surface area contributed by atoms with Crippen molar-refractivity contribution in [1.29, 1.82) is 0 Å². The maximum absolute atomic E-state index is 13.8. The Labute approximate surface area is 156 Å². The molecule has 1 aromatic heterocycles. The number of benzene rings is 2. The topological polar surface area (TPSA) is 88.4 Å². The zero-order valence-electron chi connectivity index (χ0n) is 14.4. The van der Waals surface area contributed by atoms with Gasteiger partial charge in [0.25, 0.3) is 5.91 Å². The van der Waals surface area contributed by atoms with Crippen molar-refractivity contribution < 1.29 is 22.0 Å². The van der Waals surface area contributed by atoms with Crippen LogP contribution < -0.4 is 10.0 Å². The van der Waals surface area contributed by atoms with Gasteiger partial charge in [-0.05, 0) is 49.0 Å². The van der Waals surface area contributed by atoms with Crippen LogP contribution in [0.25, 0.3) is 11.3 Å². The van der Waals surface area contributed by atoms with Crippen LogP contribution in [0.5, 0.6) is 0 Å². The standard InChI is InChI=1S/C19H17FN2O4S/c1-21-27(24,25)14-8-6-13(7-9-14)12-22-19(23)18-11-10-17(26-18)15-4-2-3-5-16(15)20/h2-11,21H,12H2,1H3,(H,22,23). The number of halogens is 1. The molecule has 0 saturated carbocycles. The minimum Gasteiger partial charge on any atom is -0.451 e. The zero-order valence-corrected chi connectivity index (χ0v) is 15.2. The van der Waals surface area contributed by atoms with Crippen LogP contribution in [0.15, 0.2) is 70.0 Å². The highest BCUT2D eigenvalue weighted by Gasteiger charge is 2.15. The fourth-order valence-corrected chi connectivity index (χ4v) is 3.17. The molecule has 0 aliphatic rings. The maximum Gasteiger partial charge on any atom is 0.287 e. The van der Waals surface area contributed by atoms with Gasteiger partial charge in [-0.2, -0.15) is 0 Å². The summed E-state index contributed by atoms with van der Waals surface area (Å²) in [6.45, 7) is 0.189. The van der Waals surface area contributed by atoms with Crippen molar-refractivity contribution in [3.8, 4) is 11.3 Å². The summed E-state index contributed by atoms with van der Waals surface area (Å²) < 4.78 is 44.8. The molecule has 1 heterocycles. The van der Waals surface area contributed by atoms with Gasteiger partial charge in [-0.15, -0.1) is 0 Å². The van der Waals surface area contributed by atoms with E-state index in [-0.39, 0.29) is 28.5 Å². The number of amides is 1. The molecular weight excluding hydrogens is 371 g/mol. The number of hydrogen-bond donors (Lipinski definition) is 2. The molecular formula is C19H17FN2O4S. The van der Waals surface area contributed by atoms with Gasteiger partial charge in [-0.1, -0.05) is 24.3 Å². The molecule has 8 heteroatoms. The van der Waals surface area contributed by atoms with Gasteiger partial charge in [0.2, 0.25) is 10.0 Å². The molecule has 1 amide bonds. The van der Waals surface area contributed by atoms with Crippen LogP contribution in [-0.2, 0) is 16.6 Å². The number of carbonyl (C=O) groups excluding carboxylic acids is 1. The normalized spacial score (nSPS) is 11.3. The Morgan fingerprint density at radius 1 is 1.04 bits per heavy atom. The summed E-state index contributed by atoms with van der Waals surface area (Å²) in [5.41, 5.74) is 0.997. The van der Waals surface area contributed by atoms with E-state index < -0.39 is 21.7 Å². The van der Waals surface area contributed by atoms with Crippen LogP contribution in [0.4, 0.5) is 4.39 Å². The summed E-state index contributed by atoms with van der Waals surface area (Å²) in [5.74, 6) is -0.567. The smallest absolute Gasteiger partial charge is 0.287 e. The highest BCUT2D eigenvalue weighted by atomic mass is 32.2. The molecule has 0 aliphatic heterocycles.